The Bertz CT molecular complexity index is 266. The van der Waals surface area contributed by atoms with Gasteiger partial charge in [0.15, 0.2) is 0 Å². The summed E-state index contributed by atoms with van der Waals surface area (Å²) in [6.07, 6.45) is 3.73. The fourth-order valence-electron chi connectivity index (χ4n) is 1.74. The second-order valence-corrected chi connectivity index (χ2v) is 3.94. The van der Waals surface area contributed by atoms with E-state index in [1.807, 2.05) is 12.4 Å². The van der Waals surface area contributed by atoms with Crippen LogP contribution in [0.4, 0.5) is 0 Å². The van der Waals surface area contributed by atoms with Gasteiger partial charge in [0.25, 0.3) is 0 Å². The van der Waals surface area contributed by atoms with Crippen molar-refractivity contribution in [2.24, 2.45) is 0 Å². The summed E-state index contributed by atoms with van der Waals surface area (Å²) in [7, 11) is 0. The highest BCUT2D eigenvalue weighted by Crippen LogP contribution is 2.34. The molecule has 0 radical (unpaired) electrons. The van der Waals surface area contributed by atoms with Gasteiger partial charge in [0, 0.05) is 30.4 Å². The third-order valence-corrected chi connectivity index (χ3v) is 2.74. The average molecular weight is 162 g/mol. The molecule has 0 bridgehead atoms. The summed E-state index contributed by atoms with van der Waals surface area (Å²) in [6.45, 7) is 5.57. The maximum atomic E-state index is 4.01. The molecule has 2 heteroatoms. The topological polar surface area (TPSA) is 24.9 Å². The van der Waals surface area contributed by atoms with E-state index < -0.39 is 0 Å². The van der Waals surface area contributed by atoms with Crippen LogP contribution in [-0.4, -0.2) is 17.1 Å². The Morgan fingerprint density at radius 3 is 2.50 bits per heavy atom. The van der Waals surface area contributed by atoms with E-state index in [1.165, 1.54) is 5.56 Å². The van der Waals surface area contributed by atoms with Gasteiger partial charge in [0.2, 0.25) is 0 Å². The van der Waals surface area contributed by atoms with Crippen molar-refractivity contribution in [1.82, 2.24) is 10.3 Å². The smallest absolute Gasteiger partial charge is 0.0270 e. The molecule has 0 spiro atoms. The molecular weight excluding hydrogens is 148 g/mol. The molecule has 0 aliphatic carbocycles. The van der Waals surface area contributed by atoms with Crippen LogP contribution in [0.25, 0.3) is 0 Å². The highest BCUT2D eigenvalue weighted by Gasteiger charge is 2.38. The highest BCUT2D eigenvalue weighted by molar-refractivity contribution is 5.25. The van der Waals surface area contributed by atoms with E-state index in [4.69, 9.17) is 0 Å². The molecule has 12 heavy (non-hydrogen) atoms. The molecule has 1 aromatic rings. The molecule has 1 saturated heterocycles. The zero-order valence-electron chi connectivity index (χ0n) is 7.54. The minimum absolute atomic E-state index is 0.265. The van der Waals surface area contributed by atoms with Crippen molar-refractivity contribution in [3.63, 3.8) is 0 Å². The first-order chi connectivity index (χ1) is 5.70. The zero-order chi connectivity index (χ0) is 8.60. The number of pyridine rings is 1. The maximum Gasteiger partial charge on any atom is 0.0270 e. The lowest BCUT2D eigenvalue weighted by Gasteiger charge is -2.46. The monoisotopic (exact) mass is 162 g/mol. The summed E-state index contributed by atoms with van der Waals surface area (Å²) < 4.78 is 0. The Labute approximate surface area is 73.0 Å². The van der Waals surface area contributed by atoms with Gasteiger partial charge in [-0.3, -0.25) is 4.98 Å². The Hall–Kier alpha value is -0.890. The zero-order valence-corrected chi connectivity index (χ0v) is 7.54. The second-order valence-electron chi connectivity index (χ2n) is 3.94. The Morgan fingerprint density at radius 2 is 2.08 bits per heavy atom. The molecule has 0 amide bonds. The van der Waals surface area contributed by atoms with Crippen molar-refractivity contribution in [3.8, 4) is 0 Å². The van der Waals surface area contributed by atoms with E-state index in [0.717, 1.165) is 6.54 Å². The third kappa shape index (κ3) is 1.12. The Morgan fingerprint density at radius 1 is 1.42 bits per heavy atom. The SMILES string of the molecule is CC1(C)NCC1c1ccncc1. The molecule has 2 nitrogen and oxygen atoms in total. The third-order valence-electron chi connectivity index (χ3n) is 2.74. The van der Waals surface area contributed by atoms with Crippen LogP contribution in [0, 0.1) is 0 Å². The lowest BCUT2D eigenvalue weighted by atomic mass is 9.75. The van der Waals surface area contributed by atoms with Crippen LogP contribution in [0.3, 0.4) is 0 Å². The van der Waals surface area contributed by atoms with Crippen LogP contribution in [0.15, 0.2) is 24.5 Å². The standard InChI is InChI=1S/C10H14N2/c1-10(2)9(7-12-10)8-3-5-11-6-4-8/h3-6,9,12H,7H2,1-2H3. The Kier molecular flexibility index (Phi) is 1.65. The minimum Gasteiger partial charge on any atom is -0.310 e. The number of rotatable bonds is 1. The van der Waals surface area contributed by atoms with E-state index >= 15 is 0 Å². The van der Waals surface area contributed by atoms with Crippen molar-refractivity contribution in [3.05, 3.63) is 30.1 Å². The van der Waals surface area contributed by atoms with E-state index in [2.05, 4.69) is 36.3 Å². The van der Waals surface area contributed by atoms with E-state index in [9.17, 15) is 0 Å². The van der Waals surface area contributed by atoms with Gasteiger partial charge in [-0.15, -0.1) is 0 Å². The van der Waals surface area contributed by atoms with Crippen LogP contribution in [0.5, 0.6) is 0 Å². The van der Waals surface area contributed by atoms with Crippen molar-refractivity contribution in [1.29, 1.82) is 0 Å². The molecule has 1 aliphatic rings. The fraction of sp³-hybridized carbons (Fsp3) is 0.500. The van der Waals surface area contributed by atoms with E-state index in [-0.39, 0.29) is 5.54 Å². The van der Waals surface area contributed by atoms with Crippen LogP contribution >= 0.6 is 0 Å². The predicted octanol–water partition coefficient (Wildman–Crippen LogP) is 1.55. The highest BCUT2D eigenvalue weighted by atomic mass is 15.1. The molecule has 1 aromatic heterocycles. The van der Waals surface area contributed by atoms with E-state index in [0.29, 0.717) is 5.92 Å². The van der Waals surface area contributed by atoms with Gasteiger partial charge in [0.05, 0.1) is 0 Å². The summed E-state index contributed by atoms with van der Waals surface area (Å²) in [5.74, 6) is 0.653. The fourth-order valence-corrected chi connectivity index (χ4v) is 1.74. The van der Waals surface area contributed by atoms with E-state index in [1.54, 1.807) is 0 Å². The number of hydrogen-bond acceptors (Lipinski definition) is 2. The lowest BCUT2D eigenvalue weighted by Crippen LogP contribution is -2.59. The summed E-state index contributed by atoms with van der Waals surface area (Å²) in [4.78, 5) is 4.01. The lowest BCUT2D eigenvalue weighted by molar-refractivity contribution is 0.208. The first-order valence-corrected chi connectivity index (χ1v) is 4.35. The largest absolute Gasteiger partial charge is 0.310 e. The normalized spacial score (nSPS) is 26.3. The minimum atomic E-state index is 0.265. The van der Waals surface area contributed by atoms with Crippen molar-refractivity contribution >= 4 is 0 Å². The van der Waals surface area contributed by atoms with Crippen LogP contribution in [0.1, 0.15) is 25.3 Å². The maximum absolute atomic E-state index is 4.01. The molecule has 1 atom stereocenters. The number of nitrogens with one attached hydrogen (secondary N) is 1. The molecule has 1 aliphatic heterocycles. The quantitative estimate of drug-likeness (QED) is 0.677. The van der Waals surface area contributed by atoms with Gasteiger partial charge in [-0.25, -0.2) is 0 Å². The predicted molar refractivity (Wildman–Crippen MR) is 49.1 cm³/mol. The number of nitrogens with zero attached hydrogens (tertiary/aromatic N) is 1. The molecule has 1 unspecified atom stereocenters. The second kappa shape index (κ2) is 2.56. The number of aromatic nitrogens is 1. The average Bonchev–Trinajstić information content (AvgIpc) is 2.05. The number of hydrogen-bond donors (Lipinski definition) is 1. The molecule has 0 saturated carbocycles. The summed E-state index contributed by atoms with van der Waals surface area (Å²) in [6, 6.07) is 4.21. The van der Waals surface area contributed by atoms with Gasteiger partial charge in [-0.2, -0.15) is 0 Å². The molecule has 1 fully saturated rings. The molecule has 64 valence electrons. The molecule has 2 heterocycles. The van der Waals surface area contributed by atoms with Crippen LogP contribution < -0.4 is 5.32 Å². The van der Waals surface area contributed by atoms with Gasteiger partial charge >= 0.3 is 0 Å². The summed E-state index contributed by atoms with van der Waals surface area (Å²) >= 11 is 0. The first-order valence-electron chi connectivity index (χ1n) is 4.35. The van der Waals surface area contributed by atoms with Crippen molar-refractivity contribution in [2.45, 2.75) is 25.3 Å². The molecule has 1 N–H and O–H groups in total. The molecular formula is C10H14N2. The van der Waals surface area contributed by atoms with Gasteiger partial charge in [-0.05, 0) is 31.5 Å². The van der Waals surface area contributed by atoms with Crippen molar-refractivity contribution in [2.75, 3.05) is 6.54 Å². The van der Waals surface area contributed by atoms with Crippen molar-refractivity contribution < 1.29 is 0 Å². The summed E-state index contributed by atoms with van der Waals surface area (Å²) in [5, 5.41) is 3.41. The van der Waals surface area contributed by atoms with Gasteiger partial charge < -0.3 is 5.32 Å². The molecule has 0 aromatic carbocycles. The first kappa shape index (κ1) is 7.74. The van der Waals surface area contributed by atoms with Gasteiger partial charge in [0.1, 0.15) is 0 Å². The molecule has 2 rings (SSSR count). The van der Waals surface area contributed by atoms with Crippen LogP contribution in [0.2, 0.25) is 0 Å². The Balaban J connectivity index is 2.22. The van der Waals surface area contributed by atoms with Crippen LogP contribution in [-0.2, 0) is 0 Å². The van der Waals surface area contributed by atoms with Gasteiger partial charge in [-0.1, -0.05) is 0 Å². The summed E-state index contributed by atoms with van der Waals surface area (Å²) in [5.41, 5.74) is 1.66.